The monoisotopic (exact) mass is 395 g/mol. The van der Waals surface area contributed by atoms with Crippen LogP contribution in [-0.2, 0) is 19.6 Å². The predicted octanol–water partition coefficient (Wildman–Crippen LogP) is 2.27. The Bertz CT molecular complexity index is 784. The van der Waals surface area contributed by atoms with Crippen molar-refractivity contribution in [2.45, 2.75) is 51.3 Å². The number of benzene rings is 1. The smallest absolute Gasteiger partial charge is 0.243 e. The van der Waals surface area contributed by atoms with E-state index in [1.807, 2.05) is 0 Å². The molecule has 0 radical (unpaired) electrons. The van der Waals surface area contributed by atoms with Crippen molar-refractivity contribution in [1.82, 2.24) is 9.62 Å². The van der Waals surface area contributed by atoms with Gasteiger partial charge in [0.1, 0.15) is 0 Å². The summed E-state index contributed by atoms with van der Waals surface area (Å²) in [6, 6.07) is 4.90. The van der Waals surface area contributed by atoms with E-state index in [9.17, 15) is 18.0 Å². The fourth-order valence-corrected chi connectivity index (χ4v) is 4.54. The van der Waals surface area contributed by atoms with Crippen LogP contribution in [0.15, 0.2) is 23.1 Å². The Morgan fingerprint density at radius 1 is 1.19 bits per heavy atom. The van der Waals surface area contributed by atoms with Crippen LogP contribution < -0.4 is 10.6 Å². The van der Waals surface area contributed by atoms with Gasteiger partial charge in [-0.15, -0.1) is 0 Å². The molecule has 0 unspecified atom stereocenters. The SMILES string of the molecule is CCN(CC)S(=O)(=O)c1cc(NC(=O)CCCNC(=O)C2CC2)ccc1C. The van der Waals surface area contributed by atoms with Crippen molar-refractivity contribution in [2.75, 3.05) is 25.0 Å². The average molecular weight is 396 g/mol. The van der Waals surface area contributed by atoms with E-state index in [4.69, 9.17) is 0 Å². The summed E-state index contributed by atoms with van der Waals surface area (Å²) in [6.07, 6.45) is 2.72. The Morgan fingerprint density at radius 2 is 1.85 bits per heavy atom. The minimum absolute atomic E-state index is 0.0696. The first-order chi connectivity index (χ1) is 12.8. The van der Waals surface area contributed by atoms with Gasteiger partial charge in [0, 0.05) is 37.7 Å². The molecule has 1 aromatic rings. The lowest BCUT2D eigenvalue weighted by molar-refractivity contribution is -0.122. The zero-order chi connectivity index (χ0) is 20.0. The van der Waals surface area contributed by atoms with Crippen LogP contribution in [0.4, 0.5) is 5.69 Å². The minimum Gasteiger partial charge on any atom is -0.356 e. The van der Waals surface area contributed by atoms with Gasteiger partial charge in [-0.25, -0.2) is 8.42 Å². The normalized spacial score (nSPS) is 14.2. The molecule has 0 spiro atoms. The van der Waals surface area contributed by atoms with Gasteiger partial charge in [0.25, 0.3) is 0 Å². The van der Waals surface area contributed by atoms with E-state index in [0.717, 1.165) is 12.8 Å². The Labute approximate surface area is 161 Å². The summed E-state index contributed by atoms with van der Waals surface area (Å²) in [5.74, 6) is 0.0310. The van der Waals surface area contributed by atoms with E-state index >= 15 is 0 Å². The second-order valence-electron chi connectivity index (χ2n) is 6.79. The van der Waals surface area contributed by atoms with Crippen LogP contribution in [0.5, 0.6) is 0 Å². The third-order valence-corrected chi connectivity index (χ3v) is 6.82. The first kappa shape index (κ1) is 21.4. The first-order valence-corrected chi connectivity index (χ1v) is 10.9. The van der Waals surface area contributed by atoms with Gasteiger partial charge >= 0.3 is 0 Å². The van der Waals surface area contributed by atoms with Gasteiger partial charge in [-0.05, 0) is 43.9 Å². The van der Waals surface area contributed by atoms with Gasteiger partial charge < -0.3 is 10.6 Å². The van der Waals surface area contributed by atoms with Crippen molar-refractivity contribution in [3.8, 4) is 0 Å². The number of nitrogens with one attached hydrogen (secondary N) is 2. The van der Waals surface area contributed by atoms with E-state index in [0.29, 0.717) is 37.3 Å². The highest BCUT2D eigenvalue weighted by molar-refractivity contribution is 7.89. The predicted molar refractivity (Wildman–Crippen MR) is 105 cm³/mol. The Morgan fingerprint density at radius 3 is 2.44 bits per heavy atom. The molecule has 0 saturated heterocycles. The van der Waals surface area contributed by atoms with Gasteiger partial charge in [0.2, 0.25) is 21.8 Å². The number of sulfonamides is 1. The maximum atomic E-state index is 12.8. The summed E-state index contributed by atoms with van der Waals surface area (Å²) < 4.78 is 26.9. The molecule has 7 nitrogen and oxygen atoms in total. The van der Waals surface area contributed by atoms with Gasteiger partial charge in [0.05, 0.1) is 4.90 Å². The van der Waals surface area contributed by atoms with Crippen molar-refractivity contribution in [1.29, 1.82) is 0 Å². The van der Waals surface area contributed by atoms with E-state index < -0.39 is 10.0 Å². The number of carbonyl (C=O) groups is 2. The molecule has 2 amide bonds. The highest BCUT2D eigenvalue weighted by Crippen LogP contribution is 2.28. The standard InChI is InChI=1S/C19H29N3O4S/c1-4-22(5-2)27(25,26)17-13-16(11-8-14(17)3)21-18(23)7-6-12-20-19(24)15-9-10-15/h8,11,13,15H,4-7,9-10,12H2,1-3H3,(H,20,24)(H,21,23). The topological polar surface area (TPSA) is 95.6 Å². The number of anilines is 1. The van der Waals surface area contributed by atoms with Crippen LogP contribution in [-0.4, -0.2) is 44.2 Å². The van der Waals surface area contributed by atoms with Crippen molar-refractivity contribution >= 4 is 27.5 Å². The lowest BCUT2D eigenvalue weighted by Gasteiger charge is -2.20. The Hall–Kier alpha value is -1.93. The zero-order valence-electron chi connectivity index (χ0n) is 16.2. The summed E-state index contributed by atoms with van der Waals surface area (Å²) in [6.45, 7) is 6.58. The van der Waals surface area contributed by atoms with Gasteiger partial charge in [-0.3, -0.25) is 9.59 Å². The van der Waals surface area contributed by atoms with E-state index in [-0.39, 0.29) is 29.0 Å². The largest absolute Gasteiger partial charge is 0.356 e. The molecule has 0 heterocycles. The van der Waals surface area contributed by atoms with Gasteiger partial charge in [-0.1, -0.05) is 19.9 Å². The van der Waals surface area contributed by atoms with E-state index in [2.05, 4.69) is 10.6 Å². The molecule has 0 aliphatic heterocycles. The molecule has 0 atom stereocenters. The maximum Gasteiger partial charge on any atom is 0.243 e. The summed E-state index contributed by atoms with van der Waals surface area (Å²) in [5, 5.41) is 5.57. The zero-order valence-corrected chi connectivity index (χ0v) is 17.1. The number of hydrogen-bond donors (Lipinski definition) is 2. The molecule has 2 rings (SSSR count). The minimum atomic E-state index is -3.59. The van der Waals surface area contributed by atoms with Crippen LogP contribution in [0.2, 0.25) is 0 Å². The molecule has 1 aliphatic rings. The van der Waals surface area contributed by atoms with Crippen LogP contribution in [0.25, 0.3) is 0 Å². The fraction of sp³-hybridized carbons (Fsp3) is 0.579. The molecule has 1 aliphatic carbocycles. The number of aryl methyl sites for hydroxylation is 1. The summed E-state index contributed by atoms with van der Waals surface area (Å²) >= 11 is 0. The number of carbonyl (C=O) groups excluding carboxylic acids is 2. The first-order valence-electron chi connectivity index (χ1n) is 9.48. The molecule has 1 fully saturated rings. The van der Waals surface area contributed by atoms with Crippen molar-refractivity contribution in [3.05, 3.63) is 23.8 Å². The quantitative estimate of drug-likeness (QED) is 0.594. The lowest BCUT2D eigenvalue weighted by atomic mass is 10.2. The molecule has 2 N–H and O–H groups in total. The molecule has 0 aromatic heterocycles. The molecule has 8 heteroatoms. The van der Waals surface area contributed by atoms with Gasteiger partial charge in [0.15, 0.2) is 0 Å². The molecule has 27 heavy (non-hydrogen) atoms. The molecular formula is C19H29N3O4S. The Balaban J connectivity index is 1.94. The number of nitrogens with zero attached hydrogens (tertiary/aromatic N) is 1. The molecular weight excluding hydrogens is 366 g/mol. The number of rotatable bonds is 10. The third kappa shape index (κ3) is 5.77. The lowest BCUT2D eigenvalue weighted by Crippen LogP contribution is -2.31. The van der Waals surface area contributed by atoms with E-state index in [1.54, 1.807) is 32.9 Å². The Kier molecular flexibility index (Phi) is 7.38. The molecule has 150 valence electrons. The second-order valence-corrected chi connectivity index (χ2v) is 8.69. The summed E-state index contributed by atoms with van der Waals surface area (Å²) in [7, 11) is -3.59. The fourth-order valence-electron chi connectivity index (χ4n) is 2.83. The highest BCUT2D eigenvalue weighted by atomic mass is 32.2. The maximum absolute atomic E-state index is 12.8. The average Bonchev–Trinajstić information content (AvgIpc) is 3.46. The molecule has 1 saturated carbocycles. The van der Waals surface area contributed by atoms with Crippen LogP contribution in [0.3, 0.4) is 0 Å². The van der Waals surface area contributed by atoms with Crippen LogP contribution in [0.1, 0.15) is 45.1 Å². The van der Waals surface area contributed by atoms with Crippen molar-refractivity contribution < 1.29 is 18.0 Å². The molecule has 0 bridgehead atoms. The summed E-state index contributed by atoms with van der Waals surface area (Å²) in [4.78, 5) is 23.9. The van der Waals surface area contributed by atoms with E-state index in [1.165, 1.54) is 10.4 Å². The third-order valence-electron chi connectivity index (χ3n) is 4.62. The van der Waals surface area contributed by atoms with Crippen LogP contribution in [0, 0.1) is 12.8 Å². The van der Waals surface area contributed by atoms with Gasteiger partial charge in [-0.2, -0.15) is 4.31 Å². The second kappa shape index (κ2) is 9.32. The number of amides is 2. The molecule has 1 aromatic carbocycles. The summed E-state index contributed by atoms with van der Waals surface area (Å²) in [5.41, 5.74) is 1.10. The number of hydrogen-bond acceptors (Lipinski definition) is 4. The highest BCUT2D eigenvalue weighted by Gasteiger charge is 2.29. The van der Waals surface area contributed by atoms with Crippen molar-refractivity contribution in [3.63, 3.8) is 0 Å². The van der Waals surface area contributed by atoms with Crippen LogP contribution >= 0.6 is 0 Å². The van der Waals surface area contributed by atoms with Crippen molar-refractivity contribution in [2.24, 2.45) is 5.92 Å².